The minimum Gasteiger partial charge on any atom is -0.456 e. The summed E-state index contributed by atoms with van der Waals surface area (Å²) in [4.78, 5) is 2.33. The van der Waals surface area contributed by atoms with Crippen molar-refractivity contribution in [2.45, 2.75) is 0 Å². The van der Waals surface area contributed by atoms with Gasteiger partial charge in [-0.05, 0) is 99.8 Å². The van der Waals surface area contributed by atoms with Crippen LogP contribution in [0.4, 0.5) is 17.1 Å². The molecule has 0 radical (unpaired) electrons. The maximum absolute atomic E-state index is 6.28. The van der Waals surface area contributed by atoms with Crippen molar-refractivity contribution in [1.29, 1.82) is 0 Å². The van der Waals surface area contributed by atoms with Crippen LogP contribution in [0.5, 0.6) is 0 Å². The molecule has 0 fully saturated rings. The van der Waals surface area contributed by atoms with E-state index in [1.165, 1.54) is 27.6 Å². The van der Waals surface area contributed by atoms with E-state index < -0.39 is 0 Å². The highest BCUT2D eigenvalue weighted by molar-refractivity contribution is 6.11. The first-order valence-electron chi connectivity index (χ1n) is 16.6. The van der Waals surface area contributed by atoms with Crippen molar-refractivity contribution >= 4 is 71.7 Å². The van der Waals surface area contributed by atoms with Crippen LogP contribution in [0, 0.1) is 0 Å². The third kappa shape index (κ3) is 4.59. The molecule has 0 N–H and O–H groups in total. The fourth-order valence-electron chi connectivity index (χ4n) is 7.29. The van der Waals surface area contributed by atoms with E-state index in [1.54, 1.807) is 0 Å². The molecule has 3 nitrogen and oxygen atoms in total. The fourth-order valence-corrected chi connectivity index (χ4v) is 7.29. The second-order valence-electron chi connectivity index (χ2n) is 12.6. The van der Waals surface area contributed by atoms with Crippen LogP contribution >= 0.6 is 0 Å². The van der Waals surface area contributed by atoms with Gasteiger partial charge in [0.1, 0.15) is 22.3 Å². The van der Waals surface area contributed by atoms with E-state index in [2.05, 4.69) is 157 Å². The highest BCUT2D eigenvalue weighted by atomic mass is 16.3. The average molecular weight is 628 g/mol. The number of nitrogens with zero attached hydrogens (tertiary/aromatic N) is 1. The number of fused-ring (bicyclic) bond motifs is 7. The summed E-state index contributed by atoms with van der Waals surface area (Å²) in [5.74, 6) is 0. The van der Waals surface area contributed by atoms with E-state index in [-0.39, 0.29) is 0 Å². The van der Waals surface area contributed by atoms with E-state index in [0.717, 1.165) is 66.3 Å². The molecule has 10 rings (SSSR count). The summed E-state index contributed by atoms with van der Waals surface area (Å²) in [6.45, 7) is 0. The number of hydrogen-bond acceptors (Lipinski definition) is 3. The molecule has 3 heteroatoms. The minimum absolute atomic E-state index is 0.878. The van der Waals surface area contributed by atoms with Crippen LogP contribution in [-0.4, -0.2) is 0 Å². The summed E-state index contributed by atoms with van der Waals surface area (Å²) in [6, 6.07) is 62.2. The molecule has 0 saturated heterocycles. The molecule has 230 valence electrons. The Morgan fingerprint density at radius 3 is 1.57 bits per heavy atom. The second kappa shape index (κ2) is 11.0. The topological polar surface area (TPSA) is 29.5 Å². The van der Waals surface area contributed by atoms with Crippen LogP contribution in [0.15, 0.2) is 185 Å². The van der Waals surface area contributed by atoms with E-state index in [1.807, 2.05) is 24.3 Å². The van der Waals surface area contributed by atoms with Gasteiger partial charge in [0.15, 0.2) is 0 Å². The number of hydrogen-bond donors (Lipinski definition) is 0. The summed E-state index contributed by atoms with van der Waals surface area (Å²) in [5, 5.41) is 6.77. The summed E-state index contributed by atoms with van der Waals surface area (Å²) in [7, 11) is 0. The molecule has 2 heterocycles. The summed E-state index contributed by atoms with van der Waals surface area (Å²) < 4.78 is 12.5. The van der Waals surface area contributed by atoms with Gasteiger partial charge in [-0.2, -0.15) is 0 Å². The summed E-state index contributed by atoms with van der Waals surface area (Å²) in [6.07, 6.45) is 0. The lowest BCUT2D eigenvalue weighted by molar-refractivity contribution is 0.668. The van der Waals surface area contributed by atoms with Gasteiger partial charge in [0, 0.05) is 38.6 Å². The number of furan rings is 2. The van der Waals surface area contributed by atoms with Crippen LogP contribution in [0.2, 0.25) is 0 Å². The molecule has 49 heavy (non-hydrogen) atoms. The zero-order chi connectivity index (χ0) is 32.3. The third-order valence-electron chi connectivity index (χ3n) is 9.64. The third-order valence-corrected chi connectivity index (χ3v) is 9.64. The van der Waals surface area contributed by atoms with E-state index in [9.17, 15) is 0 Å². The molecule has 0 aliphatic rings. The number of rotatable bonds is 5. The predicted octanol–water partition coefficient (Wildman–Crippen LogP) is 13.4. The van der Waals surface area contributed by atoms with Gasteiger partial charge in [-0.25, -0.2) is 0 Å². The van der Waals surface area contributed by atoms with Crippen molar-refractivity contribution in [2.24, 2.45) is 0 Å². The molecule has 0 atom stereocenters. The van der Waals surface area contributed by atoms with Gasteiger partial charge in [-0.15, -0.1) is 0 Å². The number of para-hydroxylation sites is 2. The monoisotopic (exact) mass is 627 g/mol. The zero-order valence-electron chi connectivity index (χ0n) is 26.5. The quantitative estimate of drug-likeness (QED) is 0.190. The fraction of sp³-hybridized carbons (Fsp3) is 0. The minimum atomic E-state index is 0.878. The Bertz CT molecular complexity index is 2830. The van der Waals surface area contributed by atoms with Crippen molar-refractivity contribution in [3.05, 3.63) is 176 Å². The Labute approximate surface area is 282 Å². The molecule has 0 aliphatic carbocycles. The summed E-state index contributed by atoms with van der Waals surface area (Å²) in [5.41, 5.74) is 11.6. The number of benzene rings is 8. The molecule has 0 bridgehead atoms. The molecular weight excluding hydrogens is 599 g/mol. The molecule has 10 aromatic rings. The second-order valence-corrected chi connectivity index (χ2v) is 12.6. The van der Waals surface area contributed by atoms with Gasteiger partial charge in [0.2, 0.25) is 0 Å². The first kappa shape index (κ1) is 27.5. The van der Waals surface area contributed by atoms with E-state index >= 15 is 0 Å². The zero-order valence-corrected chi connectivity index (χ0v) is 26.5. The highest BCUT2D eigenvalue weighted by Gasteiger charge is 2.18. The van der Waals surface area contributed by atoms with E-state index in [0.29, 0.717) is 0 Å². The van der Waals surface area contributed by atoms with Gasteiger partial charge < -0.3 is 13.7 Å². The van der Waals surface area contributed by atoms with Crippen LogP contribution in [-0.2, 0) is 0 Å². The Hall–Kier alpha value is -6.58. The lowest BCUT2D eigenvalue weighted by Gasteiger charge is -2.26. The standard InChI is InChI=1S/C46H29NO2/c1-2-10-30(11-3-1)37-12-4-5-13-38(37)31-18-21-34(22-19-31)47(36-24-25-45-42(29-36)40-15-7-8-16-43(40)48-45)35-23-20-32-27-41-39-14-6-9-17-44(39)49-46(41)28-33(32)26-35/h1-29H. The van der Waals surface area contributed by atoms with Crippen molar-refractivity contribution < 1.29 is 8.83 Å². The van der Waals surface area contributed by atoms with Crippen LogP contribution < -0.4 is 4.90 Å². The van der Waals surface area contributed by atoms with Gasteiger partial charge >= 0.3 is 0 Å². The Morgan fingerprint density at radius 2 is 0.837 bits per heavy atom. The Kier molecular flexibility index (Phi) is 6.18. The molecule has 0 aliphatic heterocycles. The van der Waals surface area contributed by atoms with Crippen molar-refractivity contribution in [3.63, 3.8) is 0 Å². The van der Waals surface area contributed by atoms with E-state index in [4.69, 9.17) is 8.83 Å². The van der Waals surface area contributed by atoms with Gasteiger partial charge in [-0.1, -0.05) is 109 Å². The van der Waals surface area contributed by atoms with Gasteiger partial charge in [-0.3, -0.25) is 0 Å². The first-order chi connectivity index (χ1) is 24.3. The molecular formula is C46H29NO2. The van der Waals surface area contributed by atoms with Crippen LogP contribution in [0.3, 0.4) is 0 Å². The number of anilines is 3. The Balaban J connectivity index is 1.14. The van der Waals surface area contributed by atoms with Crippen molar-refractivity contribution in [2.75, 3.05) is 4.90 Å². The molecule has 0 saturated carbocycles. The molecule has 2 aromatic heterocycles. The SMILES string of the molecule is c1ccc(-c2ccccc2-c2ccc(N(c3ccc4cc5c(cc4c3)oc3ccccc35)c3ccc4oc5ccccc5c4c3)cc2)cc1. The largest absolute Gasteiger partial charge is 0.456 e. The molecule has 0 spiro atoms. The molecule has 8 aromatic carbocycles. The van der Waals surface area contributed by atoms with Crippen molar-refractivity contribution in [1.82, 2.24) is 0 Å². The molecule has 0 amide bonds. The maximum atomic E-state index is 6.28. The molecule has 0 unspecified atom stereocenters. The van der Waals surface area contributed by atoms with Crippen molar-refractivity contribution in [3.8, 4) is 22.3 Å². The smallest absolute Gasteiger partial charge is 0.136 e. The highest BCUT2D eigenvalue weighted by Crippen LogP contribution is 2.42. The predicted molar refractivity (Wildman–Crippen MR) is 204 cm³/mol. The van der Waals surface area contributed by atoms with Gasteiger partial charge in [0.05, 0.1) is 0 Å². The summed E-state index contributed by atoms with van der Waals surface area (Å²) >= 11 is 0. The first-order valence-corrected chi connectivity index (χ1v) is 16.6. The normalized spacial score (nSPS) is 11.7. The van der Waals surface area contributed by atoms with Crippen LogP contribution in [0.1, 0.15) is 0 Å². The lowest BCUT2D eigenvalue weighted by Crippen LogP contribution is -2.09. The Morgan fingerprint density at radius 1 is 0.306 bits per heavy atom. The van der Waals surface area contributed by atoms with Gasteiger partial charge in [0.25, 0.3) is 0 Å². The maximum Gasteiger partial charge on any atom is 0.136 e. The van der Waals surface area contributed by atoms with Crippen LogP contribution in [0.25, 0.3) is 76.9 Å². The average Bonchev–Trinajstić information content (AvgIpc) is 3.72. The lowest BCUT2D eigenvalue weighted by atomic mass is 9.94.